The van der Waals surface area contributed by atoms with Crippen LogP contribution in [0.4, 0.5) is 24.7 Å². The van der Waals surface area contributed by atoms with Crippen molar-refractivity contribution in [3.63, 3.8) is 0 Å². The molecule has 2 heterocycles. The van der Waals surface area contributed by atoms with Gasteiger partial charge in [0.1, 0.15) is 5.82 Å². The summed E-state index contributed by atoms with van der Waals surface area (Å²) in [5, 5.41) is 3.67. The minimum absolute atomic E-state index is 0.366. The highest BCUT2D eigenvalue weighted by molar-refractivity contribution is 6.03. The van der Waals surface area contributed by atoms with Crippen molar-refractivity contribution >= 4 is 34.4 Å². The van der Waals surface area contributed by atoms with Gasteiger partial charge in [-0.1, -0.05) is 12.1 Å². The molecule has 0 spiro atoms. The summed E-state index contributed by atoms with van der Waals surface area (Å²) in [5.41, 5.74) is 1.27. The van der Waals surface area contributed by atoms with Crippen LogP contribution < -0.4 is 10.2 Å². The molecular weight excluding hydrogens is 379 g/mol. The molecule has 1 amide bonds. The average Bonchev–Trinajstić information content (AvgIpc) is 2.65. The first kappa shape index (κ1) is 19.0. The first-order valence-corrected chi connectivity index (χ1v) is 9.21. The Labute approximate surface area is 165 Å². The lowest BCUT2D eigenvalue weighted by Gasteiger charge is -2.32. The van der Waals surface area contributed by atoms with Crippen LogP contribution in [0.15, 0.2) is 60.7 Å². The maximum absolute atomic E-state index is 12.6. The van der Waals surface area contributed by atoms with Crippen LogP contribution >= 0.6 is 0 Å². The van der Waals surface area contributed by atoms with Gasteiger partial charge in [0.05, 0.1) is 11.1 Å². The van der Waals surface area contributed by atoms with Crippen LogP contribution in [-0.2, 0) is 11.0 Å². The zero-order valence-corrected chi connectivity index (χ0v) is 15.4. The predicted molar refractivity (Wildman–Crippen MR) is 108 cm³/mol. The third-order valence-electron chi connectivity index (χ3n) is 4.79. The number of carbonyl (C=O) groups is 1. The van der Waals surface area contributed by atoms with Crippen molar-refractivity contribution in [1.29, 1.82) is 0 Å². The highest BCUT2D eigenvalue weighted by Crippen LogP contribution is 2.29. The van der Waals surface area contributed by atoms with Gasteiger partial charge >= 0.3 is 6.18 Å². The fourth-order valence-electron chi connectivity index (χ4n) is 3.05. The van der Waals surface area contributed by atoms with E-state index in [1.165, 1.54) is 30.7 Å². The summed E-state index contributed by atoms with van der Waals surface area (Å²) in [5.74, 6) is 0.592. The van der Waals surface area contributed by atoms with E-state index in [0.29, 0.717) is 11.3 Å². The number of hydrogen-bond donors (Lipinski definition) is 1. The Morgan fingerprint density at radius 3 is 2.45 bits per heavy atom. The lowest BCUT2D eigenvalue weighted by molar-refractivity contribution is -0.137. The molecule has 4 rings (SSSR count). The number of alkyl halides is 3. The van der Waals surface area contributed by atoms with Crippen molar-refractivity contribution in [2.24, 2.45) is 0 Å². The highest BCUT2D eigenvalue weighted by atomic mass is 19.4. The number of nitrogens with one attached hydrogen (secondary N) is 1. The van der Waals surface area contributed by atoms with Crippen molar-refractivity contribution in [3.8, 4) is 0 Å². The number of halogens is 3. The summed E-state index contributed by atoms with van der Waals surface area (Å²) in [6, 6.07) is 14.0. The SMILES string of the molecule is O=C(/C=C/c1ccc(C(F)(F)F)cc1)Nc1ccc2nc(N3CCC3)ccc2c1. The molecule has 4 nitrogen and oxygen atoms in total. The summed E-state index contributed by atoms with van der Waals surface area (Å²) in [7, 11) is 0. The molecule has 0 atom stereocenters. The van der Waals surface area contributed by atoms with E-state index < -0.39 is 11.7 Å². The van der Waals surface area contributed by atoms with Crippen LogP contribution in [0.2, 0.25) is 0 Å². The van der Waals surface area contributed by atoms with Gasteiger partial charge in [0.25, 0.3) is 0 Å². The number of rotatable bonds is 4. The van der Waals surface area contributed by atoms with Crippen LogP contribution in [-0.4, -0.2) is 24.0 Å². The van der Waals surface area contributed by atoms with Gasteiger partial charge in [0.2, 0.25) is 5.91 Å². The highest BCUT2D eigenvalue weighted by Gasteiger charge is 2.29. The van der Waals surface area contributed by atoms with Gasteiger partial charge in [-0.25, -0.2) is 4.98 Å². The molecular formula is C22H18F3N3O. The zero-order valence-electron chi connectivity index (χ0n) is 15.4. The number of aromatic nitrogens is 1. The molecule has 0 unspecified atom stereocenters. The summed E-state index contributed by atoms with van der Waals surface area (Å²) >= 11 is 0. The molecule has 1 aliphatic heterocycles. The molecule has 0 aliphatic carbocycles. The maximum atomic E-state index is 12.6. The van der Waals surface area contributed by atoms with Crippen LogP contribution in [0, 0.1) is 0 Å². The number of carbonyl (C=O) groups excluding carboxylic acids is 1. The largest absolute Gasteiger partial charge is 0.416 e. The van der Waals surface area contributed by atoms with Crippen molar-refractivity contribution in [2.45, 2.75) is 12.6 Å². The first-order chi connectivity index (χ1) is 13.9. The normalized spacial score (nSPS) is 14.2. The molecule has 1 aliphatic rings. The molecule has 1 N–H and O–H groups in total. The minimum atomic E-state index is -4.37. The quantitative estimate of drug-likeness (QED) is 0.622. The molecule has 0 radical (unpaired) electrons. The molecule has 7 heteroatoms. The lowest BCUT2D eigenvalue weighted by atomic mass is 10.1. The van der Waals surface area contributed by atoms with Crippen molar-refractivity contribution in [3.05, 3.63) is 71.8 Å². The summed E-state index contributed by atoms with van der Waals surface area (Å²) < 4.78 is 37.7. The summed E-state index contributed by atoms with van der Waals surface area (Å²) in [4.78, 5) is 19.0. The van der Waals surface area contributed by atoms with Crippen LogP contribution in [0.3, 0.4) is 0 Å². The van der Waals surface area contributed by atoms with Gasteiger partial charge in [0.15, 0.2) is 0 Å². The van der Waals surface area contributed by atoms with Gasteiger partial charge in [0, 0.05) is 30.2 Å². The number of hydrogen-bond acceptors (Lipinski definition) is 3. The third-order valence-corrected chi connectivity index (χ3v) is 4.79. The van der Waals surface area contributed by atoms with Gasteiger partial charge in [-0.3, -0.25) is 4.79 Å². The Hall–Kier alpha value is -3.35. The molecule has 2 aromatic carbocycles. The number of anilines is 2. The fraction of sp³-hybridized carbons (Fsp3) is 0.182. The van der Waals surface area contributed by atoms with Crippen molar-refractivity contribution in [1.82, 2.24) is 4.98 Å². The van der Waals surface area contributed by atoms with Crippen molar-refractivity contribution < 1.29 is 18.0 Å². The first-order valence-electron chi connectivity index (χ1n) is 9.21. The average molecular weight is 397 g/mol. The number of fused-ring (bicyclic) bond motifs is 1. The Morgan fingerprint density at radius 1 is 1.03 bits per heavy atom. The minimum Gasteiger partial charge on any atom is -0.356 e. The zero-order chi connectivity index (χ0) is 20.4. The second-order valence-electron chi connectivity index (χ2n) is 6.86. The summed E-state index contributed by atoms with van der Waals surface area (Å²) in [6.07, 6.45) is -0.430. The molecule has 0 saturated carbocycles. The standard InChI is InChI=1S/C22H18F3N3O/c23-22(24,25)17-6-2-15(3-7-17)4-11-21(29)26-18-8-9-19-16(14-18)5-10-20(27-19)28-12-1-13-28/h2-11,14H,1,12-13H2,(H,26,29)/b11-4+. The molecule has 1 aromatic heterocycles. The van der Waals surface area contributed by atoms with E-state index in [9.17, 15) is 18.0 Å². The smallest absolute Gasteiger partial charge is 0.356 e. The molecule has 1 saturated heterocycles. The van der Waals surface area contributed by atoms with Crippen molar-refractivity contribution in [2.75, 3.05) is 23.3 Å². The van der Waals surface area contributed by atoms with Crippen LogP contribution in [0.1, 0.15) is 17.5 Å². The Balaban J connectivity index is 1.42. The third kappa shape index (κ3) is 4.39. The number of nitrogens with zero attached hydrogens (tertiary/aromatic N) is 2. The molecule has 3 aromatic rings. The van der Waals surface area contributed by atoms with E-state index in [1.807, 2.05) is 24.3 Å². The number of benzene rings is 2. The number of amides is 1. The Kier molecular flexibility index (Phi) is 4.96. The van der Waals surface area contributed by atoms with E-state index in [2.05, 4.69) is 15.2 Å². The molecule has 1 fully saturated rings. The van der Waals surface area contributed by atoms with E-state index in [0.717, 1.165) is 41.9 Å². The lowest BCUT2D eigenvalue weighted by Crippen LogP contribution is -2.37. The second-order valence-corrected chi connectivity index (χ2v) is 6.86. The monoisotopic (exact) mass is 397 g/mol. The van der Waals surface area contributed by atoms with E-state index in [-0.39, 0.29) is 5.91 Å². The Bertz CT molecular complexity index is 1070. The predicted octanol–water partition coefficient (Wildman–Crippen LogP) is 5.12. The molecule has 148 valence electrons. The van der Waals surface area contributed by atoms with Gasteiger partial charge in [-0.05, 0) is 60.5 Å². The summed E-state index contributed by atoms with van der Waals surface area (Å²) in [6.45, 7) is 2.05. The number of pyridine rings is 1. The maximum Gasteiger partial charge on any atom is 0.416 e. The molecule has 29 heavy (non-hydrogen) atoms. The van der Waals surface area contributed by atoms with Gasteiger partial charge < -0.3 is 10.2 Å². The second kappa shape index (κ2) is 7.58. The van der Waals surface area contributed by atoms with Crippen LogP contribution in [0.5, 0.6) is 0 Å². The topological polar surface area (TPSA) is 45.2 Å². The molecule has 0 bridgehead atoms. The van der Waals surface area contributed by atoms with Gasteiger partial charge in [-0.15, -0.1) is 0 Å². The fourth-order valence-corrected chi connectivity index (χ4v) is 3.05. The Morgan fingerprint density at radius 2 is 1.79 bits per heavy atom. The van der Waals surface area contributed by atoms with Gasteiger partial charge in [-0.2, -0.15) is 13.2 Å². The van der Waals surface area contributed by atoms with Crippen LogP contribution in [0.25, 0.3) is 17.0 Å². The van der Waals surface area contributed by atoms with E-state index in [1.54, 1.807) is 6.07 Å². The van der Waals surface area contributed by atoms with E-state index in [4.69, 9.17) is 0 Å². The van der Waals surface area contributed by atoms with E-state index >= 15 is 0 Å².